The van der Waals surface area contributed by atoms with Crippen molar-refractivity contribution < 1.29 is 18.9 Å². The molecule has 0 aromatic heterocycles. The number of hydrogen-bond donors (Lipinski definition) is 0. The summed E-state index contributed by atoms with van der Waals surface area (Å²) in [6, 6.07) is 0. The van der Waals surface area contributed by atoms with Crippen molar-refractivity contribution in [2.24, 2.45) is 17.8 Å². The van der Waals surface area contributed by atoms with Crippen LogP contribution in [0.5, 0.6) is 0 Å². The molecule has 2 saturated heterocycles. The molecule has 2 heterocycles. The normalized spacial score (nSPS) is 34.4. The van der Waals surface area contributed by atoms with Gasteiger partial charge in [-0.2, -0.15) is 0 Å². The van der Waals surface area contributed by atoms with Crippen LogP contribution in [-0.4, -0.2) is 45.4 Å². The molecule has 0 bridgehead atoms. The largest absolute Gasteiger partial charge is 0.382 e. The van der Waals surface area contributed by atoms with Gasteiger partial charge in [-0.25, -0.2) is 0 Å². The average Bonchev–Trinajstić information content (AvgIpc) is 2.99. The molecule has 1 aliphatic carbocycles. The van der Waals surface area contributed by atoms with E-state index in [4.69, 9.17) is 18.9 Å². The molecular weight excluding hydrogens is 268 g/mol. The van der Waals surface area contributed by atoms with Crippen molar-refractivity contribution in [1.82, 2.24) is 0 Å². The van der Waals surface area contributed by atoms with E-state index >= 15 is 0 Å². The predicted octanol–water partition coefficient (Wildman–Crippen LogP) is 3.24. The molecule has 0 radical (unpaired) electrons. The summed E-state index contributed by atoms with van der Waals surface area (Å²) in [7, 11) is 1.74. The standard InChI is InChI=1S/C10H20O2.C7H12O2/c1-8(2)9-4-5-12-10(6-9)7-11-3;1-6-2-3-7(6)8-4-5-9-7/h8-10H,4-7H2,1-3H3;6H,2-5H2,1H3. The van der Waals surface area contributed by atoms with Gasteiger partial charge in [0.1, 0.15) is 0 Å². The van der Waals surface area contributed by atoms with Crippen molar-refractivity contribution in [3.05, 3.63) is 0 Å². The van der Waals surface area contributed by atoms with Crippen LogP contribution in [0.25, 0.3) is 0 Å². The van der Waals surface area contributed by atoms with Crippen LogP contribution in [0, 0.1) is 17.8 Å². The molecule has 3 rings (SSSR count). The SMILES string of the molecule is CC1CCC12OCCO2.COCC1CC(C(C)C)CCO1. The Kier molecular flexibility index (Phi) is 6.48. The molecule has 124 valence electrons. The van der Waals surface area contributed by atoms with Gasteiger partial charge < -0.3 is 18.9 Å². The Morgan fingerprint density at radius 2 is 1.86 bits per heavy atom. The molecule has 3 aliphatic rings. The van der Waals surface area contributed by atoms with Crippen LogP contribution in [0.15, 0.2) is 0 Å². The fourth-order valence-corrected chi connectivity index (χ4v) is 3.39. The van der Waals surface area contributed by atoms with Crippen LogP contribution in [0.1, 0.15) is 46.5 Å². The van der Waals surface area contributed by atoms with E-state index in [-0.39, 0.29) is 5.79 Å². The highest BCUT2D eigenvalue weighted by atomic mass is 16.7. The predicted molar refractivity (Wildman–Crippen MR) is 82.2 cm³/mol. The van der Waals surface area contributed by atoms with Crippen molar-refractivity contribution >= 4 is 0 Å². The van der Waals surface area contributed by atoms with Gasteiger partial charge in [0.05, 0.1) is 25.9 Å². The molecule has 2 aliphatic heterocycles. The molecule has 4 nitrogen and oxygen atoms in total. The Morgan fingerprint density at radius 3 is 2.29 bits per heavy atom. The molecule has 3 fully saturated rings. The van der Waals surface area contributed by atoms with Crippen LogP contribution >= 0.6 is 0 Å². The molecule has 3 atom stereocenters. The van der Waals surface area contributed by atoms with Crippen LogP contribution in [-0.2, 0) is 18.9 Å². The Balaban J connectivity index is 0.000000159. The van der Waals surface area contributed by atoms with Gasteiger partial charge in [-0.15, -0.1) is 0 Å². The van der Waals surface area contributed by atoms with Gasteiger partial charge in [-0.3, -0.25) is 0 Å². The van der Waals surface area contributed by atoms with E-state index in [1.165, 1.54) is 19.3 Å². The first kappa shape index (κ1) is 17.2. The molecule has 21 heavy (non-hydrogen) atoms. The lowest BCUT2D eigenvalue weighted by Gasteiger charge is -2.42. The van der Waals surface area contributed by atoms with Gasteiger partial charge >= 0.3 is 0 Å². The third kappa shape index (κ3) is 4.41. The highest BCUT2D eigenvalue weighted by Crippen LogP contribution is 2.44. The topological polar surface area (TPSA) is 36.9 Å². The first-order valence-electron chi connectivity index (χ1n) is 8.46. The number of methoxy groups -OCH3 is 1. The molecule has 1 spiro atoms. The van der Waals surface area contributed by atoms with Crippen molar-refractivity contribution in [3.63, 3.8) is 0 Å². The van der Waals surface area contributed by atoms with Gasteiger partial charge in [-0.1, -0.05) is 20.8 Å². The van der Waals surface area contributed by atoms with E-state index in [1.807, 2.05) is 0 Å². The van der Waals surface area contributed by atoms with Gasteiger partial charge in [-0.05, 0) is 31.1 Å². The fourth-order valence-electron chi connectivity index (χ4n) is 3.39. The first-order chi connectivity index (χ1) is 10.1. The molecule has 1 saturated carbocycles. The van der Waals surface area contributed by atoms with Crippen molar-refractivity contribution in [3.8, 4) is 0 Å². The van der Waals surface area contributed by atoms with Crippen molar-refractivity contribution in [2.45, 2.75) is 58.3 Å². The van der Waals surface area contributed by atoms with Gasteiger partial charge in [0.25, 0.3) is 0 Å². The lowest BCUT2D eigenvalue weighted by atomic mass is 9.79. The minimum absolute atomic E-state index is 0.125. The van der Waals surface area contributed by atoms with Crippen LogP contribution in [0.2, 0.25) is 0 Å². The molecule has 4 heteroatoms. The summed E-state index contributed by atoms with van der Waals surface area (Å²) in [4.78, 5) is 0. The smallest absolute Gasteiger partial charge is 0.171 e. The zero-order valence-corrected chi connectivity index (χ0v) is 14.1. The highest BCUT2D eigenvalue weighted by Gasteiger charge is 2.48. The zero-order chi connectivity index (χ0) is 15.3. The monoisotopic (exact) mass is 300 g/mol. The molecular formula is C17H32O4. The lowest BCUT2D eigenvalue weighted by molar-refractivity contribution is -0.243. The summed E-state index contributed by atoms with van der Waals surface area (Å²) in [5.74, 6) is 2.12. The van der Waals surface area contributed by atoms with Gasteiger partial charge in [0, 0.05) is 26.1 Å². The summed E-state index contributed by atoms with van der Waals surface area (Å²) >= 11 is 0. The van der Waals surface area contributed by atoms with Crippen LogP contribution in [0.4, 0.5) is 0 Å². The summed E-state index contributed by atoms with van der Waals surface area (Å²) in [6.45, 7) is 10.0. The highest BCUT2D eigenvalue weighted by molar-refractivity contribution is 4.89. The first-order valence-corrected chi connectivity index (χ1v) is 8.46. The Bertz CT molecular complexity index is 297. The number of hydrogen-bond acceptors (Lipinski definition) is 4. The quantitative estimate of drug-likeness (QED) is 0.802. The maximum absolute atomic E-state index is 5.57. The van der Waals surface area contributed by atoms with Gasteiger partial charge in [0.15, 0.2) is 5.79 Å². The number of ether oxygens (including phenoxy) is 4. The fraction of sp³-hybridized carbons (Fsp3) is 1.00. The third-order valence-corrected chi connectivity index (χ3v) is 5.16. The van der Waals surface area contributed by atoms with E-state index in [2.05, 4.69) is 20.8 Å². The van der Waals surface area contributed by atoms with E-state index in [1.54, 1.807) is 7.11 Å². The van der Waals surface area contributed by atoms with E-state index in [0.717, 1.165) is 44.7 Å². The molecule has 0 amide bonds. The molecule has 0 N–H and O–H groups in total. The second-order valence-electron chi connectivity index (χ2n) is 6.93. The summed E-state index contributed by atoms with van der Waals surface area (Å²) in [5, 5.41) is 0. The minimum Gasteiger partial charge on any atom is -0.382 e. The Hall–Kier alpha value is -0.160. The summed E-state index contributed by atoms with van der Waals surface area (Å²) in [6.07, 6.45) is 5.11. The maximum Gasteiger partial charge on any atom is 0.171 e. The molecule has 0 aromatic carbocycles. The second-order valence-corrected chi connectivity index (χ2v) is 6.93. The van der Waals surface area contributed by atoms with Crippen molar-refractivity contribution in [1.29, 1.82) is 0 Å². The van der Waals surface area contributed by atoms with Crippen LogP contribution in [0.3, 0.4) is 0 Å². The summed E-state index contributed by atoms with van der Waals surface area (Å²) < 4.78 is 21.6. The average molecular weight is 300 g/mol. The third-order valence-electron chi connectivity index (χ3n) is 5.16. The van der Waals surface area contributed by atoms with E-state index in [9.17, 15) is 0 Å². The van der Waals surface area contributed by atoms with E-state index in [0.29, 0.717) is 12.0 Å². The van der Waals surface area contributed by atoms with E-state index < -0.39 is 0 Å². The van der Waals surface area contributed by atoms with Crippen molar-refractivity contribution in [2.75, 3.05) is 33.5 Å². The Morgan fingerprint density at radius 1 is 1.14 bits per heavy atom. The molecule has 3 unspecified atom stereocenters. The van der Waals surface area contributed by atoms with Gasteiger partial charge in [0.2, 0.25) is 0 Å². The van der Waals surface area contributed by atoms with Crippen LogP contribution < -0.4 is 0 Å². The Labute approximate surface area is 129 Å². The number of rotatable bonds is 3. The second kappa shape index (κ2) is 7.91. The summed E-state index contributed by atoms with van der Waals surface area (Å²) in [5.41, 5.74) is 0. The minimum atomic E-state index is -0.125. The molecule has 0 aromatic rings. The maximum atomic E-state index is 5.57. The lowest BCUT2D eigenvalue weighted by Crippen LogP contribution is -2.46. The zero-order valence-electron chi connectivity index (χ0n) is 14.1.